The molecule has 1 aromatic heterocycles. The highest BCUT2D eigenvalue weighted by Gasteiger charge is 2.51. The van der Waals surface area contributed by atoms with E-state index in [-0.39, 0.29) is 0 Å². The lowest BCUT2D eigenvalue weighted by Crippen LogP contribution is -2.26. The van der Waals surface area contributed by atoms with E-state index >= 15 is 0 Å². The van der Waals surface area contributed by atoms with Crippen molar-refractivity contribution >= 4 is 49.6 Å². The SMILES string of the molecule is c1ccc(-n2c3ccccc3c3ccc(N(c4ccc5c(c4)C4(c6ccccc6-c6ccccc64)c4ccccc4-5)c4cccc5ccccc45)cc32)cc1. The Kier molecular flexibility index (Phi) is 6.29. The molecule has 2 aliphatic carbocycles. The summed E-state index contributed by atoms with van der Waals surface area (Å²) in [5.41, 5.74) is 17.1. The standard InChI is InChI=1S/C53H34N2/c1-2-17-36(18-3-1)55-51-27-13-9-23-44(51)45-32-30-38(34-52(45)55)54(50-28-14-16-35-15-4-5-19-39(35)50)37-29-31-43-42-22-8-12-26-48(42)53(49(43)33-37)46-24-10-6-20-40(46)41-21-7-11-25-47(41)53/h1-34H. The van der Waals surface area contributed by atoms with Crippen molar-refractivity contribution < 1.29 is 0 Å². The van der Waals surface area contributed by atoms with Gasteiger partial charge in [0, 0.05) is 33.2 Å². The fraction of sp³-hybridized carbons (Fsp3) is 0.0189. The molecule has 0 atom stereocenters. The molecule has 0 aliphatic heterocycles. The summed E-state index contributed by atoms with van der Waals surface area (Å²) in [6, 6.07) is 76.3. The van der Waals surface area contributed by atoms with E-state index in [1.165, 1.54) is 77.1 Å². The Morgan fingerprint density at radius 3 is 1.60 bits per heavy atom. The Morgan fingerprint density at radius 2 is 0.873 bits per heavy atom. The molecule has 55 heavy (non-hydrogen) atoms. The topological polar surface area (TPSA) is 8.17 Å². The average Bonchev–Trinajstić information content (AvgIpc) is 3.86. The van der Waals surface area contributed by atoms with Crippen molar-refractivity contribution in [1.29, 1.82) is 0 Å². The van der Waals surface area contributed by atoms with Crippen LogP contribution in [0.15, 0.2) is 206 Å². The van der Waals surface area contributed by atoms with Crippen molar-refractivity contribution in [2.45, 2.75) is 5.41 Å². The van der Waals surface area contributed by atoms with Crippen molar-refractivity contribution in [3.63, 3.8) is 0 Å². The van der Waals surface area contributed by atoms with Crippen LogP contribution in [0, 0.1) is 0 Å². The molecule has 1 spiro atoms. The van der Waals surface area contributed by atoms with Crippen molar-refractivity contribution in [2.75, 3.05) is 4.90 Å². The summed E-state index contributed by atoms with van der Waals surface area (Å²) in [6.45, 7) is 0. The molecule has 0 fully saturated rings. The van der Waals surface area contributed by atoms with Gasteiger partial charge in [0.15, 0.2) is 0 Å². The van der Waals surface area contributed by atoms with E-state index in [0.29, 0.717) is 0 Å². The van der Waals surface area contributed by atoms with Crippen LogP contribution < -0.4 is 4.90 Å². The maximum atomic E-state index is 2.49. The predicted octanol–water partition coefficient (Wildman–Crippen LogP) is 13.8. The third-order valence-corrected chi connectivity index (χ3v) is 12.2. The van der Waals surface area contributed by atoms with Crippen LogP contribution in [-0.4, -0.2) is 4.57 Å². The van der Waals surface area contributed by atoms with Gasteiger partial charge in [-0.15, -0.1) is 0 Å². The zero-order chi connectivity index (χ0) is 36.1. The van der Waals surface area contributed by atoms with Crippen LogP contribution in [0.1, 0.15) is 22.3 Å². The summed E-state index contributed by atoms with van der Waals surface area (Å²) in [5.74, 6) is 0. The van der Waals surface area contributed by atoms with Crippen LogP contribution in [0.4, 0.5) is 17.1 Å². The van der Waals surface area contributed by atoms with E-state index in [1.807, 2.05) is 0 Å². The predicted molar refractivity (Wildman–Crippen MR) is 229 cm³/mol. The molecule has 0 amide bonds. The minimum Gasteiger partial charge on any atom is -0.310 e. The first-order valence-corrected chi connectivity index (χ1v) is 19.1. The molecule has 0 N–H and O–H groups in total. The molecule has 256 valence electrons. The van der Waals surface area contributed by atoms with Crippen molar-refractivity contribution in [1.82, 2.24) is 4.57 Å². The number of anilines is 3. The second-order valence-electron chi connectivity index (χ2n) is 14.8. The largest absolute Gasteiger partial charge is 0.310 e. The van der Waals surface area contributed by atoms with Gasteiger partial charge in [-0.05, 0) is 98.4 Å². The first-order valence-electron chi connectivity index (χ1n) is 19.1. The Bertz CT molecular complexity index is 3100. The number of fused-ring (bicyclic) bond motifs is 14. The van der Waals surface area contributed by atoms with Crippen LogP contribution in [0.25, 0.3) is 60.5 Å². The molecule has 0 bridgehead atoms. The zero-order valence-electron chi connectivity index (χ0n) is 30.0. The van der Waals surface area contributed by atoms with Crippen LogP contribution in [0.3, 0.4) is 0 Å². The van der Waals surface area contributed by atoms with Crippen molar-refractivity contribution in [2.24, 2.45) is 0 Å². The molecule has 1 heterocycles. The molecule has 0 radical (unpaired) electrons. The maximum Gasteiger partial charge on any atom is 0.0726 e. The molecule has 12 rings (SSSR count). The first kappa shape index (κ1) is 30.3. The van der Waals surface area contributed by atoms with Gasteiger partial charge in [-0.1, -0.05) is 158 Å². The molecular formula is C53H34N2. The Labute approximate surface area is 319 Å². The number of aromatic nitrogens is 1. The van der Waals surface area contributed by atoms with Gasteiger partial charge < -0.3 is 9.47 Å². The quantitative estimate of drug-likeness (QED) is 0.178. The number of rotatable bonds is 4. The van der Waals surface area contributed by atoms with Crippen molar-refractivity contribution in [3.05, 3.63) is 229 Å². The second-order valence-corrected chi connectivity index (χ2v) is 14.8. The van der Waals surface area contributed by atoms with E-state index < -0.39 is 5.41 Å². The second kappa shape index (κ2) is 11.4. The molecular weight excluding hydrogens is 665 g/mol. The lowest BCUT2D eigenvalue weighted by atomic mass is 9.70. The lowest BCUT2D eigenvalue weighted by Gasteiger charge is -2.32. The van der Waals surface area contributed by atoms with E-state index in [2.05, 4.69) is 216 Å². The summed E-state index contributed by atoms with van der Waals surface area (Å²) >= 11 is 0. The molecule has 10 aromatic rings. The molecule has 0 saturated heterocycles. The lowest BCUT2D eigenvalue weighted by molar-refractivity contribution is 0.793. The van der Waals surface area contributed by atoms with Gasteiger partial charge in [-0.3, -0.25) is 0 Å². The van der Waals surface area contributed by atoms with Crippen molar-refractivity contribution in [3.8, 4) is 27.9 Å². The average molecular weight is 699 g/mol. The van der Waals surface area contributed by atoms with E-state index in [0.717, 1.165) is 22.7 Å². The Hall–Kier alpha value is -7.16. The smallest absolute Gasteiger partial charge is 0.0726 e. The Morgan fingerprint density at radius 1 is 0.345 bits per heavy atom. The number of hydrogen-bond acceptors (Lipinski definition) is 1. The monoisotopic (exact) mass is 698 g/mol. The van der Waals surface area contributed by atoms with Gasteiger partial charge in [0.05, 0.1) is 22.1 Å². The van der Waals surface area contributed by atoms with Crippen LogP contribution in [0.5, 0.6) is 0 Å². The van der Waals surface area contributed by atoms with Crippen LogP contribution in [-0.2, 0) is 5.41 Å². The van der Waals surface area contributed by atoms with Gasteiger partial charge in [0.2, 0.25) is 0 Å². The molecule has 0 unspecified atom stereocenters. The number of para-hydroxylation sites is 2. The zero-order valence-corrected chi connectivity index (χ0v) is 30.0. The van der Waals surface area contributed by atoms with Crippen LogP contribution in [0.2, 0.25) is 0 Å². The van der Waals surface area contributed by atoms with E-state index in [4.69, 9.17) is 0 Å². The van der Waals surface area contributed by atoms with E-state index in [9.17, 15) is 0 Å². The number of nitrogens with zero attached hydrogens (tertiary/aromatic N) is 2. The number of benzene rings is 9. The first-order chi connectivity index (χ1) is 27.3. The highest BCUT2D eigenvalue weighted by Crippen LogP contribution is 2.63. The summed E-state index contributed by atoms with van der Waals surface area (Å²) in [7, 11) is 0. The summed E-state index contributed by atoms with van der Waals surface area (Å²) in [6.07, 6.45) is 0. The van der Waals surface area contributed by atoms with Gasteiger partial charge in [0.1, 0.15) is 0 Å². The number of hydrogen-bond donors (Lipinski definition) is 0. The third-order valence-electron chi connectivity index (χ3n) is 12.2. The summed E-state index contributed by atoms with van der Waals surface area (Å²) in [5, 5.41) is 4.92. The fourth-order valence-corrected chi connectivity index (χ4v) is 10.0. The highest BCUT2D eigenvalue weighted by atomic mass is 15.1. The normalized spacial score (nSPS) is 13.2. The minimum atomic E-state index is -0.427. The van der Waals surface area contributed by atoms with Gasteiger partial charge in [-0.25, -0.2) is 0 Å². The molecule has 9 aromatic carbocycles. The van der Waals surface area contributed by atoms with Gasteiger partial charge in [0.25, 0.3) is 0 Å². The minimum absolute atomic E-state index is 0.427. The molecule has 2 aliphatic rings. The van der Waals surface area contributed by atoms with Gasteiger partial charge in [-0.2, -0.15) is 0 Å². The molecule has 0 saturated carbocycles. The molecule has 2 nitrogen and oxygen atoms in total. The van der Waals surface area contributed by atoms with E-state index in [1.54, 1.807) is 0 Å². The third kappa shape index (κ3) is 4.08. The summed E-state index contributed by atoms with van der Waals surface area (Å²) < 4.78 is 2.41. The van der Waals surface area contributed by atoms with Crippen LogP contribution >= 0.6 is 0 Å². The van der Waals surface area contributed by atoms with Gasteiger partial charge >= 0.3 is 0 Å². The summed E-state index contributed by atoms with van der Waals surface area (Å²) in [4.78, 5) is 2.48. The highest BCUT2D eigenvalue weighted by molar-refractivity contribution is 6.11. The Balaban J connectivity index is 1.17. The maximum absolute atomic E-state index is 2.49. The fourth-order valence-electron chi connectivity index (χ4n) is 10.0. The molecule has 2 heteroatoms.